The molecule has 0 aromatic carbocycles. The Hall–Kier alpha value is -1.63. The van der Waals surface area contributed by atoms with Gasteiger partial charge in [0.05, 0.1) is 18.4 Å². The van der Waals surface area contributed by atoms with E-state index in [1.807, 2.05) is 0 Å². The molecule has 0 spiro atoms. The number of nitrogens with one attached hydrogen (secondary N) is 1. The second-order valence-corrected chi connectivity index (χ2v) is 5.02. The predicted octanol–water partition coefficient (Wildman–Crippen LogP) is -0.292. The van der Waals surface area contributed by atoms with Crippen molar-refractivity contribution < 1.29 is 24.2 Å². The quantitative estimate of drug-likeness (QED) is 0.598. The summed E-state index contributed by atoms with van der Waals surface area (Å²) in [6.45, 7) is 1.02. The Morgan fingerprint density at radius 3 is 2.45 bits per heavy atom. The van der Waals surface area contributed by atoms with Crippen molar-refractivity contribution in [1.82, 2.24) is 10.2 Å². The van der Waals surface area contributed by atoms with Gasteiger partial charge in [-0.2, -0.15) is 0 Å². The number of nitrogens with zero attached hydrogens (tertiary/aromatic N) is 1. The van der Waals surface area contributed by atoms with E-state index >= 15 is 0 Å². The number of amides is 2. The van der Waals surface area contributed by atoms with Crippen molar-refractivity contribution in [3.8, 4) is 0 Å². The molecule has 1 rings (SSSR count). The molecule has 2 N–H and O–H groups in total. The summed E-state index contributed by atoms with van der Waals surface area (Å²) >= 11 is 0. The van der Waals surface area contributed by atoms with Crippen molar-refractivity contribution in [3.05, 3.63) is 0 Å². The molecule has 20 heavy (non-hydrogen) atoms. The third-order valence-electron chi connectivity index (χ3n) is 3.51. The zero-order valence-corrected chi connectivity index (χ0v) is 11.9. The first-order valence-electron chi connectivity index (χ1n) is 6.70. The first kappa shape index (κ1) is 16.4. The molecular weight excluding hydrogens is 264 g/mol. The number of rotatable bonds is 8. The normalized spacial score (nSPS) is 20.9. The van der Waals surface area contributed by atoms with Gasteiger partial charge in [-0.3, -0.25) is 14.4 Å². The summed E-state index contributed by atoms with van der Waals surface area (Å²) in [6, 6.07) is 0. The zero-order valence-electron chi connectivity index (χ0n) is 11.9. The standard InChI is InChI=1S/C13H22N2O5/c1-15(8-11(16)14-6-3-7-20-2)12(17)9-4-5-10(9)13(18)19/h9-10H,3-8H2,1-2H3,(H,14,16)(H,18,19). The van der Waals surface area contributed by atoms with Gasteiger partial charge in [-0.05, 0) is 19.3 Å². The van der Waals surface area contributed by atoms with Crippen LogP contribution in [0.25, 0.3) is 0 Å². The van der Waals surface area contributed by atoms with Gasteiger partial charge in [0.25, 0.3) is 0 Å². The molecule has 114 valence electrons. The fourth-order valence-electron chi connectivity index (χ4n) is 2.17. The molecule has 1 aliphatic carbocycles. The number of carbonyl (C=O) groups is 3. The first-order chi connectivity index (χ1) is 9.47. The van der Waals surface area contributed by atoms with Gasteiger partial charge in [0.15, 0.2) is 0 Å². The lowest BCUT2D eigenvalue weighted by Crippen LogP contribution is -2.47. The van der Waals surface area contributed by atoms with Gasteiger partial charge < -0.3 is 20.1 Å². The number of carbonyl (C=O) groups excluding carboxylic acids is 2. The molecule has 0 aliphatic heterocycles. The van der Waals surface area contributed by atoms with Gasteiger partial charge in [0.1, 0.15) is 0 Å². The van der Waals surface area contributed by atoms with Gasteiger partial charge >= 0.3 is 5.97 Å². The van der Waals surface area contributed by atoms with Crippen molar-refractivity contribution in [1.29, 1.82) is 0 Å². The molecule has 1 aliphatic rings. The lowest BCUT2D eigenvalue weighted by Gasteiger charge is -2.34. The molecule has 2 unspecified atom stereocenters. The minimum Gasteiger partial charge on any atom is -0.481 e. The van der Waals surface area contributed by atoms with Gasteiger partial charge in [-0.25, -0.2) is 0 Å². The Labute approximate surface area is 118 Å². The summed E-state index contributed by atoms with van der Waals surface area (Å²) < 4.78 is 4.86. The number of likely N-dealkylation sites (N-methyl/N-ethyl adjacent to an activating group) is 1. The predicted molar refractivity (Wildman–Crippen MR) is 71.0 cm³/mol. The van der Waals surface area contributed by atoms with E-state index in [2.05, 4.69) is 5.32 Å². The van der Waals surface area contributed by atoms with Crippen molar-refractivity contribution in [2.75, 3.05) is 33.9 Å². The summed E-state index contributed by atoms with van der Waals surface area (Å²) in [4.78, 5) is 35.8. The summed E-state index contributed by atoms with van der Waals surface area (Å²) in [7, 11) is 3.11. The van der Waals surface area contributed by atoms with Crippen molar-refractivity contribution in [2.24, 2.45) is 11.8 Å². The molecule has 2 atom stereocenters. The highest BCUT2D eigenvalue weighted by Gasteiger charge is 2.42. The molecule has 0 heterocycles. The second kappa shape index (κ2) is 7.84. The van der Waals surface area contributed by atoms with E-state index in [0.29, 0.717) is 32.4 Å². The minimum absolute atomic E-state index is 0.0470. The molecule has 7 nitrogen and oxygen atoms in total. The van der Waals surface area contributed by atoms with Gasteiger partial charge in [0, 0.05) is 27.3 Å². The van der Waals surface area contributed by atoms with Crippen LogP contribution in [0.15, 0.2) is 0 Å². The summed E-state index contributed by atoms with van der Waals surface area (Å²) in [6.07, 6.45) is 1.82. The van der Waals surface area contributed by atoms with E-state index in [1.54, 1.807) is 7.11 Å². The first-order valence-corrected chi connectivity index (χ1v) is 6.70. The minimum atomic E-state index is -0.938. The van der Waals surface area contributed by atoms with Gasteiger partial charge in [-0.1, -0.05) is 0 Å². The number of carboxylic acids is 1. The number of methoxy groups -OCH3 is 1. The highest BCUT2D eigenvalue weighted by Crippen LogP contribution is 2.35. The summed E-state index contributed by atoms with van der Waals surface area (Å²) in [5.74, 6) is -2.54. The number of ether oxygens (including phenoxy) is 1. The van der Waals surface area contributed by atoms with Gasteiger partial charge in [-0.15, -0.1) is 0 Å². The van der Waals surface area contributed by atoms with Crippen molar-refractivity contribution >= 4 is 17.8 Å². The molecule has 0 aromatic heterocycles. The van der Waals surface area contributed by atoms with Crippen molar-refractivity contribution in [3.63, 3.8) is 0 Å². The monoisotopic (exact) mass is 286 g/mol. The van der Waals surface area contributed by atoms with E-state index in [1.165, 1.54) is 11.9 Å². The van der Waals surface area contributed by atoms with E-state index < -0.39 is 17.8 Å². The van der Waals surface area contributed by atoms with Crippen LogP contribution >= 0.6 is 0 Å². The number of carboxylic acid groups (broad SMARTS) is 1. The van der Waals surface area contributed by atoms with Crippen LogP contribution in [-0.2, 0) is 19.1 Å². The van der Waals surface area contributed by atoms with Crippen molar-refractivity contribution in [2.45, 2.75) is 19.3 Å². The zero-order chi connectivity index (χ0) is 15.1. The summed E-state index contributed by atoms with van der Waals surface area (Å²) in [5.41, 5.74) is 0. The number of hydrogen-bond donors (Lipinski definition) is 2. The molecule has 0 radical (unpaired) electrons. The maximum Gasteiger partial charge on any atom is 0.307 e. The summed E-state index contributed by atoms with van der Waals surface area (Å²) in [5, 5.41) is 11.6. The maximum absolute atomic E-state index is 12.0. The lowest BCUT2D eigenvalue weighted by atomic mass is 9.73. The van der Waals surface area contributed by atoms with Crippen LogP contribution in [0.2, 0.25) is 0 Å². The smallest absolute Gasteiger partial charge is 0.307 e. The van der Waals surface area contributed by atoms with Crippen LogP contribution in [0.3, 0.4) is 0 Å². The Kier molecular flexibility index (Phi) is 6.44. The Morgan fingerprint density at radius 1 is 1.30 bits per heavy atom. The number of hydrogen-bond acceptors (Lipinski definition) is 4. The molecule has 0 aromatic rings. The fraction of sp³-hybridized carbons (Fsp3) is 0.769. The third kappa shape index (κ3) is 4.48. The molecule has 7 heteroatoms. The highest BCUT2D eigenvalue weighted by atomic mass is 16.5. The number of aliphatic carboxylic acids is 1. The van der Waals surface area contributed by atoms with Gasteiger partial charge in [0.2, 0.25) is 11.8 Å². The SMILES string of the molecule is COCCCNC(=O)CN(C)C(=O)C1CCC1C(=O)O. The molecule has 0 bridgehead atoms. The molecule has 1 saturated carbocycles. The maximum atomic E-state index is 12.0. The Balaban J connectivity index is 2.31. The van der Waals surface area contributed by atoms with Crippen LogP contribution < -0.4 is 5.32 Å². The topological polar surface area (TPSA) is 95.9 Å². The fourth-order valence-corrected chi connectivity index (χ4v) is 2.17. The average molecular weight is 286 g/mol. The van der Waals surface area contributed by atoms with E-state index in [4.69, 9.17) is 9.84 Å². The van der Waals surface area contributed by atoms with Crippen LogP contribution in [-0.4, -0.2) is 61.6 Å². The lowest BCUT2D eigenvalue weighted by molar-refractivity contribution is -0.156. The van der Waals surface area contributed by atoms with E-state index in [9.17, 15) is 14.4 Å². The van der Waals surface area contributed by atoms with E-state index in [-0.39, 0.29) is 18.4 Å². The van der Waals surface area contributed by atoms with Crippen LogP contribution in [0.5, 0.6) is 0 Å². The molecule has 2 amide bonds. The van der Waals surface area contributed by atoms with E-state index in [0.717, 1.165) is 0 Å². The Bertz CT molecular complexity index is 372. The average Bonchev–Trinajstić information content (AvgIpc) is 2.32. The third-order valence-corrected chi connectivity index (χ3v) is 3.51. The Morgan fingerprint density at radius 2 is 1.95 bits per heavy atom. The molecular formula is C13H22N2O5. The largest absolute Gasteiger partial charge is 0.481 e. The van der Waals surface area contributed by atoms with Crippen LogP contribution in [0.4, 0.5) is 0 Å². The van der Waals surface area contributed by atoms with Crippen LogP contribution in [0, 0.1) is 11.8 Å². The van der Waals surface area contributed by atoms with Crippen LogP contribution in [0.1, 0.15) is 19.3 Å². The molecule has 0 saturated heterocycles. The molecule has 1 fully saturated rings. The second-order valence-electron chi connectivity index (χ2n) is 5.02. The highest BCUT2D eigenvalue weighted by molar-refractivity contribution is 5.89.